The normalized spacial score (nSPS) is 30.9. The third kappa shape index (κ3) is 2.52. The minimum absolute atomic E-state index is 0. The molecule has 1 aromatic carbocycles. The molecule has 3 rings (SSSR count). The van der Waals surface area contributed by atoms with Crippen LogP contribution < -0.4 is 11.1 Å². The number of carbonyl (C=O) groups excluding carboxylic acids is 1. The van der Waals surface area contributed by atoms with E-state index >= 15 is 0 Å². The summed E-state index contributed by atoms with van der Waals surface area (Å²) in [6.07, 6.45) is 3.14. The van der Waals surface area contributed by atoms with E-state index in [4.69, 9.17) is 5.73 Å². The van der Waals surface area contributed by atoms with Gasteiger partial charge in [-0.2, -0.15) is 0 Å². The Hall–Kier alpha value is -1.20. The minimum atomic E-state index is -0.963. The van der Waals surface area contributed by atoms with Gasteiger partial charge in [0.05, 0.1) is 5.92 Å². The first-order valence-corrected chi connectivity index (χ1v) is 6.58. The number of amides is 1. The van der Waals surface area contributed by atoms with Crippen molar-refractivity contribution in [2.24, 2.45) is 23.5 Å². The van der Waals surface area contributed by atoms with Gasteiger partial charge < -0.3 is 11.1 Å². The van der Waals surface area contributed by atoms with Gasteiger partial charge >= 0.3 is 0 Å². The second-order valence-corrected chi connectivity index (χ2v) is 5.55. The molecule has 0 radical (unpaired) electrons. The highest BCUT2D eigenvalue weighted by atomic mass is 35.5. The fourth-order valence-electron chi connectivity index (χ4n) is 3.52. The molecule has 4 unspecified atom stereocenters. The van der Waals surface area contributed by atoms with E-state index in [9.17, 15) is 13.6 Å². The number of hydrogen-bond acceptors (Lipinski definition) is 2. The zero-order chi connectivity index (χ0) is 13.6. The molecule has 2 fully saturated rings. The second-order valence-electron chi connectivity index (χ2n) is 5.55. The number of fused-ring (bicyclic) bond motifs is 2. The van der Waals surface area contributed by atoms with Crippen LogP contribution >= 0.6 is 12.4 Å². The third-order valence-electron chi connectivity index (χ3n) is 4.47. The van der Waals surface area contributed by atoms with Crippen LogP contribution in [0.3, 0.4) is 0 Å². The molecule has 0 spiro atoms. The van der Waals surface area contributed by atoms with Gasteiger partial charge in [0.25, 0.3) is 0 Å². The summed E-state index contributed by atoms with van der Waals surface area (Å²) in [6.45, 7) is 0. The molecule has 0 saturated heterocycles. The second kappa shape index (κ2) is 5.66. The lowest BCUT2D eigenvalue weighted by Gasteiger charge is -2.27. The molecule has 2 aliphatic carbocycles. The molecule has 0 aromatic heterocycles. The largest absolute Gasteiger partial charge is 0.327 e. The fourth-order valence-corrected chi connectivity index (χ4v) is 3.52. The maximum atomic E-state index is 13.1. The minimum Gasteiger partial charge on any atom is -0.327 e. The summed E-state index contributed by atoms with van der Waals surface area (Å²) in [5.41, 5.74) is 6.35. The lowest BCUT2D eigenvalue weighted by Crippen LogP contribution is -2.42. The van der Waals surface area contributed by atoms with Crippen molar-refractivity contribution in [3.05, 3.63) is 29.8 Å². The number of anilines is 1. The van der Waals surface area contributed by atoms with Gasteiger partial charge in [-0.25, -0.2) is 8.78 Å². The van der Waals surface area contributed by atoms with Crippen molar-refractivity contribution in [1.82, 2.24) is 0 Å². The van der Waals surface area contributed by atoms with E-state index in [0.717, 1.165) is 31.4 Å². The molecule has 0 heterocycles. The molecular weight excluding hydrogens is 286 g/mol. The summed E-state index contributed by atoms with van der Waals surface area (Å²) in [5.74, 6) is -1.49. The zero-order valence-electron chi connectivity index (χ0n) is 10.8. The van der Waals surface area contributed by atoms with Crippen LogP contribution in [0.15, 0.2) is 18.2 Å². The first kappa shape index (κ1) is 15.2. The summed E-state index contributed by atoms with van der Waals surface area (Å²) >= 11 is 0. The van der Waals surface area contributed by atoms with Crippen molar-refractivity contribution in [2.75, 3.05) is 5.32 Å². The number of hydrogen-bond donors (Lipinski definition) is 2. The lowest BCUT2D eigenvalue weighted by atomic mass is 9.84. The number of halogens is 3. The lowest BCUT2D eigenvalue weighted by molar-refractivity contribution is -0.121. The van der Waals surface area contributed by atoms with Crippen molar-refractivity contribution in [3.8, 4) is 0 Å². The first-order chi connectivity index (χ1) is 9.06. The molecule has 2 aliphatic rings. The van der Waals surface area contributed by atoms with Crippen LogP contribution in [0, 0.1) is 29.4 Å². The molecule has 0 aliphatic heterocycles. The van der Waals surface area contributed by atoms with Crippen molar-refractivity contribution in [3.63, 3.8) is 0 Å². The van der Waals surface area contributed by atoms with E-state index < -0.39 is 11.6 Å². The Bertz CT molecular complexity index is 524. The van der Waals surface area contributed by atoms with Crippen LogP contribution in [0.4, 0.5) is 14.5 Å². The van der Waals surface area contributed by atoms with E-state index in [1.807, 2.05) is 0 Å². The molecule has 4 atom stereocenters. The highest BCUT2D eigenvalue weighted by Crippen LogP contribution is 2.47. The summed E-state index contributed by atoms with van der Waals surface area (Å²) in [4.78, 5) is 12.2. The predicted octanol–water partition coefficient (Wildman–Crippen LogP) is 2.70. The smallest absolute Gasteiger partial charge is 0.229 e. The number of rotatable bonds is 2. The SMILES string of the molecule is Cl.NC1C2CCC(C2)C1C(=O)Nc1ccc(F)c(F)c1. The summed E-state index contributed by atoms with van der Waals surface area (Å²) in [7, 11) is 0. The van der Waals surface area contributed by atoms with Crippen LogP contribution in [-0.4, -0.2) is 11.9 Å². The van der Waals surface area contributed by atoms with Gasteiger partial charge in [0, 0.05) is 17.8 Å². The summed E-state index contributed by atoms with van der Waals surface area (Å²) in [6, 6.07) is 3.25. The number of nitrogens with two attached hydrogens (primary N) is 1. The topological polar surface area (TPSA) is 55.1 Å². The van der Waals surface area contributed by atoms with Gasteiger partial charge in [-0.15, -0.1) is 12.4 Å². The standard InChI is InChI=1S/C14H16F2N2O.ClH/c15-10-4-3-9(6-11(10)16)18-14(19)12-7-1-2-8(5-7)13(12)17;/h3-4,6-8,12-13H,1-2,5,17H2,(H,18,19);1H. The van der Waals surface area contributed by atoms with Crippen molar-refractivity contribution >= 4 is 24.0 Å². The number of carbonyl (C=O) groups is 1. The Kier molecular flexibility index (Phi) is 4.30. The maximum Gasteiger partial charge on any atom is 0.229 e. The Morgan fingerprint density at radius 1 is 1.20 bits per heavy atom. The zero-order valence-corrected chi connectivity index (χ0v) is 11.6. The Balaban J connectivity index is 0.00000147. The number of benzene rings is 1. The Morgan fingerprint density at radius 2 is 1.90 bits per heavy atom. The van der Waals surface area contributed by atoms with Crippen LogP contribution in [-0.2, 0) is 4.79 Å². The third-order valence-corrected chi connectivity index (χ3v) is 4.47. The average Bonchev–Trinajstić information content (AvgIpc) is 2.94. The van der Waals surface area contributed by atoms with Gasteiger partial charge in [-0.1, -0.05) is 0 Å². The first-order valence-electron chi connectivity index (χ1n) is 6.58. The Labute approximate surface area is 122 Å². The van der Waals surface area contributed by atoms with Crippen molar-refractivity contribution in [2.45, 2.75) is 25.3 Å². The van der Waals surface area contributed by atoms with E-state index in [2.05, 4.69) is 5.32 Å². The quantitative estimate of drug-likeness (QED) is 0.882. The molecule has 2 saturated carbocycles. The highest BCUT2D eigenvalue weighted by Gasteiger charge is 2.49. The highest BCUT2D eigenvalue weighted by molar-refractivity contribution is 5.93. The predicted molar refractivity (Wildman–Crippen MR) is 74.5 cm³/mol. The van der Waals surface area contributed by atoms with Gasteiger partial charge in [0.1, 0.15) is 0 Å². The van der Waals surface area contributed by atoms with Gasteiger partial charge in [0.15, 0.2) is 11.6 Å². The number of nitrogens with one attached hydrogen (secondary N) is 1. The van der Waals surface area contributed by atoms with Crippen LogP contribution in [0.1, 0.15) is 19.3 Å². The monoisotopic (exact) mass is 302 g/mol. The summed E-state index contributed by atoms with van der Waals surface area (Å²) in [5, 5.41) is 2.64. The van der Waals surface area contributed by atoms with Gasteiger partial charge in [0.2, 0.25) is 5.91 Å². The average molecular weight is 303 g/mol. The van der Waals surface area contributed by atoms with Crippen LogP contribution in [0.2, 0.25) is 0 Å². The van der Waals surface area contributed by atoms with E-state index in [-0.39, 0.29) is 36.0 Å². The molecule has 2 bridgehead atoms. The Morgan fingerprint density at radius 3 is 2.50 bits per heavy atom. The van der Waals surface area contributed by atoms with Crippen LogP contribution in [0.5, 0.6) is 0 Å². The molecule has 6 heteroatoms. The summed E-state index contributed by atoms with van der Waals surface area (Å²) < 4.78 is 25.9. The van der Waals surface area contributed by atoms with Crippen molar-refractivity contribution < 1.29 is 13.6 Å². The fraction of sp³-hybridized carbons (Fsp3) is 0.500. The van der Waals surface area contributed by atoms with E-state index in [1.54, 1.807) is 0 Å². The molecule has 110 valence electrons. The molecular formula is C14H17ClF2N2O. The van der Waals surface area contributed by atoms with E-state index in [1.165, 1.54) is 6.07 Å². The molecule has 3 nitrogen and oxygen atoms in total. The van der Waals surface area contributed by atoms with E-state index in [0.29, 0.717) is 11.8 Å². The van der Waals surface area contributed by atoms with Gasteiger partial charge in [-0.05, 0) is 43.2 Å². The molecule has 1 aromatic rings. The van der Waals surface area contributed by atoms with Crippen molar-refractivity contribution in [1.29, 1.82) is 0 Å². The van der Waals surface area contributed by atoms with Gasteiger partial charge in [-0.3, -0.25) is 4.79 Å². The molecule has 3 N–H and O–H groups in total. The molecule has 1 amide bonds. The molecule has 20 heavy (non-hydrogen) atoms. The maximum absolute atomic E-state index is 13.1. The van der Waals surface area contributed by atoms with Crippen LogP contribution in [0.25, 0.3) is 0 Å².